The molecule has 0 aliphatic heterocycles. The number of aromatic amines is 1. The smallest absolute Gasteiger partial charge is 0.403 e. The van der Waals surface area contributed by atoms with Gasteiger partial charge in [0.05, 0.1) is 11.6 Å². The number of alkyl halides is 3. The monoisotopic (exact) mass is 424 g/mol. The molecule has 0 fully saturated rings. The van der Waals surface area contributed by atoms with E-state index >= 15 is 0 Å². The molecular weight excluding hydrogens is 411 g/mol. The number of carbonyl (C=O) groups is 1. The van der Waals surface area contributed by atoms with Crippen LogP contribution in [-0.4, -0.2) is 17.3 Å². The van der Waals surface area contributed by atoms with Crippen molar-refractivity contribution in [1.82, 2.24) is 10.3 Å². The van der Waals surface area contributed by atoms with E-state index in [-0.39, 0.29) is 16.7 Å². The summed E-state index contributed by atoms with van der Waals surface area (Å²) in [5.74, 6) is -3.86. The maximum absolute atomic E-state index is 14.4. The molecule has 0 spiro atoms. The second-order valence-electron chi connectivity index (χ2n) is 6.11. The molecule has 0 aliphatic carbocycles. The van der Waals surface area contributed by atoms with Crippen LogP contribution in [0.1, 0.15) is 27.5 Å². The number of halogens is 5. The second kappa shape index (κ2) is 8.36. The van der Waals surface area contributed by atoms with Crippen molar-refractivity contribution in [2.75, 3.05) is 0 Å². The summed E-state index contributed by atoms with van der Waals surface area (Å²) in [5.41, 5.74) is -0.475. The fraction of sp³-hybridized carbons (Fsp3) is 0.100. The van der Waals surface area contributed by atoms with E-state index in [1.54, 1.807) is 0 Å². The molecule has 3 aromatic rings. The Balaban J connectivity index is 1.99. The molecule has 1 heterocycles. The lowest BCUT2D eigenvalue weighted by Crippen LogP contribution is -2.30. The van der Waals surface area contributed by atoms with Gasteiger partial charge in [-0.15, -0.1) is 13.2 Å². The van der Waals surface area contributed by atoms with Gasteiger partial charge in [-0.05, 0) is 29.8 Å². The number of nitrogens with one attached hydrogen (secondary N) is 2. The molecule has 0 aliphatic rings. The summed E-state index contributed by atoms with van der Waals surface area (Å²) in [6.07, 6.45) is -3.96. The van der Waals surface area contributed by atoms with E-state index in [4.69, 9.17) is 0 Å². The van der Waals surface area contributed by atoms with Crippen LogP contribution >= 0.6 is 0 Å². The zero-order chi connectivity index (χ0) is 21.9. The summed E-state index contributed by atoms with van der Waals surface area (Å²) in [6, 6.07) is 8.97. The van der Waals surface area contributed by atoms with Gasteiger partial charge in [-0.1, -0.05) is 24.3 Å². The van der Waals surface area contributed by atoms with Crippen LogP contribution in [0.25, 0.3) is 0 Å². The van der Waals surface area contributed by atoms with Gasteiger partial charge in [-0.2, -0.15) is 0 Å². The van der Waals surface area contributed by atoms with E-state index in [1.807, 2.05) is 0 Å². The lowest BCUT2D eigenvalue weighted by atomic mass is 9.97. The van der Waals surface area contributed by atoms with E-state index < -0.39 is 41.3 Å². The predicted molar refractivity (Wildman–Crippen MR) is 95.9 cm³/mol. The van der Waals surface area contributed by atoms with Crippen molar-refractivity contribution in [3.63, 3.8) is 0 Å². The highest BCUT2D eigenvalue weighted by atomic mass is 19.4. The van der Waals surface area contributed by atoms with Crippen LogP contribution in [0.4, 0.5) is 22.0 Å². The van der Waals surface area contributed by atoms with Gasteiger partial charge in [0.2, 0.25) is 5.56 Å². The van der Waals surface area contributed by atoms with Gasteiger partial charge in [0, 0.05) is 17.8 Å². The molecule has 0 unspecified atom stereocenters. The molecule has 2 N–H and O–H groups in total. The minimum atomic E-state index is -5.09. The SMILES string of the molecule is O=C(N[C@@H](c1ccc(OC(F)(F)F)c(F)c1)c1ccccc1F)c1ccc(=O)[nH]c1. The summed E-state index contributed by atoms with van der Waals surface area (Å²) < 4.78 is 69.2. The standard InChI is InChI=1S/C20H13F5N2O3/c21-14-4-2-1-3-13(14)18(27-19(29)12-6-8-17(28)26-10-12)11-5-7-16(15(22)9-11)30-20(23,24)25/h1-10,18H,(H,26,28)(H,27,29)/t18-/m0/s1. The van der Waals surface area contributed by atoms with Crippen molar-refractivity contribution in [2.45, 2.75) is 12.4 Å². The van der Waals surface area contributed by atoms with Gasteiger partial charge < -0.3 is 15.0 Å². The summed E-state index contributed by atoms with van der Waals surface area (Å²) in [5, 5.41) is 2.49. The first kappa shape index (κ1) is 21.0. The number of benzene rings is 2. The van der Waals surface area contributed by atoms with Crippen LogP contribution in [0.2, 0.25) is 0 Å². The molecular formula is C20H13F5N2O3. The van der Waals surface area contributed by atoms with Gasteiger partial charge in [-0.25, -0.2) is 8.78 Å². The van der Waals surface area contributed by atoms with Gasteiger partial charge in [0.1, 0.15) is 5.82 Å². The Hall–Kier alpha value is -3.69. The van der Waals surface area contributed by atoms with E-state index in [0.717, 1.165) is 30.5 Å². The number of aromatic nitrogens is 1. The van der Waals surface area contributed by atoms with Gasteiger partial charge in [0.25, 0.3) is 5.91 Å². The summed E-state index contributed by atoms with van der Waals surface area (Å²) in [6.45, 7) is 0. The largest absolute Gasteiger partial charge is 0.573 e. The molecule has 10 heteroatoms. The van der Waals surface area contributed by atoms with Crippen LogP contribution in [0, 0.1) is 11.6 Å². The molecule has 0 saturated heterocycles. The number of carbonyl (C=O) groups excluding carboxylic acids is 1. The van der Waals surface area contributed by atoms with Crippen LogP contribution in [0.5, 0.6) is 5.75 Å². The van der Waals surface area contributed by atoms with E-state index in [2.05, 4.69) is 15.0 Å². The first-order valence-corrected chi connectivity index (χ1v) is 8.43. The maximum atomic E-state index is 14.4. The highest BCUT2D eigenvalue weighted by Crippen LogP contribution is 2.31. The summed E-state index contributed by atoms with van der Waals surface area (Å²) in [7, 11) is 0. The maximum Gasteiger partial charge on any atom is 0.573 e. The molecule has 1 atom stereocenters. The van der Waals surface area contributed by atoms with Crippen molar-refractivity contribution in [3.05, 3.63) is 99.5 Å². The molecule has 0 radical (unpaired) electrons. The van der Waals surface area contributed by atoms with E-state index in [0.29, 0.717) is 6.07 Å². The lowest BCUT2D eigenvalue weighted by Gasteiger charge is -2.21. The Kier molecular flexibility index (Phi) is 5.86. The van der Waals surface area contributed by atoms with Gasteiger partial charge >= 0.3 is 6.36 Å². The fourth-order valence-electron chi connectivity index (χ4n) is 2.72. The van der Waals surface area contributed by atoms with Gasteiger partial charge in [-0.3, -0.25) is 9.59 Å². The minimum absolute atomic E-state index is 0.0232. The first-order valence-electron chi connectivity index (χ1n) is 8.43. The number of hydrogen-bond acceptors (Lipinski definition) is 3. The van der Waals surface area contributed by atoms with Crippen molar-refractivity contribution >= 4 is 5.91 Å². The van der Waals surface area contributed by atoms with Gasteiger partial charge in [0.15, 0.2) is 11.6 Å². The average Bonchev–Trinajstić information content (AvgIpc) is 2.68. The summed E-state index contributed by atoms with van der Waals surface area (Å²) >= 11 is 0. The van der Waals surface area contributed by atoms with E-state index in [1.165, 1.54) is 24.3 Å². The Morgan fingerprint density at radius 2 is 1.73 bits per heavy atom. The average molecular weight is 424 g/mol. The Morgan fingerprint density at radius 1 is 1.00 bits per heavy atom. The van der Waals surface area contributed by atoms with Crippen LogP contribution in [0.15, 0.2) is 65.6 Å². The molecule has 0 saturated carbocycles. The van der Waals surface area contributed by atoms with Crippen LogP contribution < -0.4 is 15.6 Å². The normalized spacial score (nSPS) is 12.3. The van der Waals surface area contributed by atoms with Crippen LogP contribution in [0.3, 0.4) is 0 Å². The second-order valence-corrected chi connectivity index (χ2v) is 6.11. The number of amides is 1. The molecule has 5 nitrogen and oxygen atoms in total. The Morgan fingerprint density at radius 3 is 2.33 bits per heavy atom. The zero-order valence-corrected chi connectivity index (χ0v) is 15.0. The highest BCUT2D eigenvalue weighted by molar-refractivity contribution is 5.94. The molecule has 3 rings (SSSR count). The fourth-order valence-corrected chi connectivity index (χ4v) is 2.72. The van der Waals surface area contributed by atoms with E-state index in [9.17, 15) is 31.5 Å². The predicted octanol–water partition coefficient (Wildman–Crippen LogP) is 4.07. The zero-order valence-electron chi connectivity index (χ0n) is 15.0. The third-order valence-corrected chi connectivity index (χ3v) is 4.05. The van der Waals surface area contributed by atoms with Crippen molar-refractivity contribution in [3.8, 4) is 5.75 Å². The number of ether oxygens (including phenoxy) is 1. The number of H-pyrrole nitrogens is 1. The molecule has 156 valence electrons. The highest BCUT2D eigenvalue weighted by Gasteiger charge is 2.32. The van der Waals surface area contributed by atoms with Crippen LogP contribution in [-0.2, 0) is 0 Å². The summed E-state index contributed by atoms with van der Waals surface area (Å²) in [4.78, 5) is 26.0. The van der Waals surface area contributed by atoms with Crippen molar-refractivity contribution in [2.24, 2.45) is 0 Å². The Labute approximate surface area is 166 Å². The minimum Gasteiger partial charge on any atom is -0.403 e. The topological polar surface area (TPSA) is 71.2 Å². The Bertz CT molecular complexity index is 1110. The number of rotatable bonds is 5. The third kappa shape index (κ3) is 5.02. The molecule has 1 aromatic heterocycles. The quantitative estimate of drug-likeness (QED) is 0.607. The molecule has 2 aromatic carbocycles. The third-order valence-electron chi connectivity index (χ3n) is 4.05. The van der Waals surface area contributed by atoms with Crippen molar-refractivity contribution < 1.29 is 31.5 Å². The lowest BCUT2D eigenvalue weighted by molar-refractivity contribution is -0.275. The first-order chi connectivity index (χ1) is 14.1. The molecule has 1 amide bonds. The molecule has 0 bridgehead atoms. The molecule has 30 heavy (non-hydrogen) atoms. The van der Waals surface area contributed by atoms with Crippen molar-refractivity contribution in [1.29, 1.82) is 0 Å². The number of pyridine rings is 1. The number of hydrogen-bond donors (Lipinski definition) is 2.